The first kappa shape index (κ1) is 14.9. The molecule has 0 radical (unpaired) electrons. The highest BCUT2D eigenvalue weighted by Gasteiger charge is 2.16. The van der Waals surface area contributed by atoms with E-state index in [9.17, 15) is 13.6 Å². The molecule has 7 heteroatoms. The summed E-state index contributed by atoms with van der Waals surface area (Å²) in [7, 11) is 0. The van der Waals surface area contributed by atoms with Crippen LogP contribution in [0.1, 0.15) is 18.9 Å². The summed E-state index contributed by atoms with van der Waals surface area (Å²) >= 11 is 0. The van der Waals surface area contributed by atoms with Crippen LogP contribution in [0.4, 0.5) is 8.78 Å². The Labute approximate surface area is 109 Å². The molecule has 104 valence electrons. The third-order valence-corrected chi connectivity index (χ3v) is 2.58. The lowest BCUT2D eigenvalue weighted by atomic mass is 10.1. The van der Waals surface area contributed by atoms with Gasteiger partial charge in [0.15, 0.2) is 5.84 Å². The Balaban J connectivity index is 2.69. The lowest BCUT2D eigenvalue weighted by Crippen LogP contribution is -2.44. The molecular formula is C12H15F2N3O2. The van der Waals surface area contributed by atoms with Gasteiger partial charge in [0, 0.05) is 6.07 Å². The highest BCUT2D eigenvalue weighted by Crippen LogP contribution is 2.10. The van der Waals surface area contributed by atoms with Crippen LogP contribution in [0.5, 0.6) is 0 Å². The fourth-order valence-corrected chi connectivity index (χ4v) is 1.54. The van der Waals surface area contributed by atoms with E-state index in [1.807, 2.05) is 0 Å². The van der Waals surface area contributed by atoms with Gasteiger partial charge in [0.1, 0.15) is 11.6 Å². The Morgan fingerprint density at radius 2 is 2.21 bits per heavy atom. The van der Waals surface area contributed by atoms with Gasteiger partial charge in [0.05, 0.1) is 12.5 Å². The maximum absolute atomic E-state index is 13.3. The van der Waals surface area contributed by atoms with Crippen molar-refractivity contribution in [3.05, 3.63) is 35.4 Å². The van der Waals surface area contributed by atoms with Crippen molar-refractivity contribution < 1.29 is 18.8 Å². The van der Waals surface area contributed by atoms with Crippen LogP contribution < -0.4 is 11.1 Å². The lowest BCUT2D eigenvalue weighted by molar-refractivity contribution is -0.120. The number of nitrogens with zero attached hydrogens (tertiary/aromatic N) is 1. The fraction of sp³-hybridized carbons (Fsp3) is 0.333. The molecule has 0 aromatic heterocycles. The number of amides is 1. The van der Waals surface area contributed by atoms with Gasteiger partial charge in [-0.05, 0) is 18.1 Å². The van der Waals surface area contributed by atoms with Crippen LogP contribution in [0, 0.1) is 11.6 Å². The van der Waals surface area contributed by atoms with Crippen LogP contribution in [0.3, 0.4) is 0 Å². The molecule has 5 nitrogen and oxygen atoms in total. The number of hydrogen-bond donors (Lipinski definition) is 3. The fourth-order valence-electron chi connectivity index (χ4n) is 1.54. The molecule has 1 aromatic rings. The van der Waals surface area contributed by atoms with Crippen LogP contribution in [-0.4, -0.2) is 23.0 Å². The maximum Gasteiger partial charge on any atom is 0.225 e. The summed E-state index contributed by atoms with van der Waals surface area (Å²) in [6.07, 6.45) is 0.175. The molecule has 0 heterocycles. The van der Waals surface area contributed by atoms with E-state index in [2.05, 4.69) is 10.5 Å². The van der Waals surface area contributed by atoms with E-state index in [0.29, 0.717) is 12.5 Å². The topological polar surface area (TPSA) is 87.7 Å². The Morgan fingerprint density at radius 3 is 2.74 bits per heavy atom. The maximum atomic E-state index is 13.3. The number of nitrogens with one attached hydrogen (secondary N) is 1. The van der Waals surface area contributed by atoms with Gasteiger partial charge in [0.25, 0.3) is 0 Å². The van der Waals surface area contributed by atoms with Crippen LogP contribution in [-0.2, 0) is 11.2 Å². The molecule has 1 amide bonds. The van der Waals surface area contributed by atoms with E-state index in [1.54, 1.807) is 6.92 Å². The number of oxime groups is 1. The smallest absolute Gasteiger partial charge is 0.225 e. The first-order valence-corrected chi connectivity index (χ1v) is 5.68. The summed E-state index contributed by atoms with van der Waals surface area (Å²) in [5.41, 5.74) is 5.46. The number of amidine groups is 1. The second-order valence-electron chi connectivity index (χ2n) is 3.97. The highest BCUT2D eigenvalue weighted by atomic mass is 19.1. The molecule has 1 atom stereocenters. The Kier molecular flexibility index (Phi) is 5.23. The molecule has 0 saturated heterocycles. The molecule has 1 aromatic carbocycles. The van der Waals surface area contributed by atoms with Gasteiger partial charge in [-0.3, -0.25) is 4.79 Å². The third kappa shape index (κ3) is 4.20. The minimum atomic E-state index is -0.785. The molecule has 0 aliphatic carbocycles. The van der Waals surface area contributed by atoms with Gasteiger partial charge in [-0.2, -0.15) is 0 Å². The first-order chi connectivity index (χ1) is 8.97. The van der Waals surface area contributed by atoms with Gasteiger partial charge in [-0.1, -0.05) is 18.1 Å². The normalized spacial score (nSPS) is 13.1. The van der Waals surface area contributed by atoms with Gasteiger partial charge in [-0.25, -0.2) is 8.78 Å². The van der Waals surface area contributed by atoms with E-state index in [-0.39, 0.29) is 17.8 Å². The van der Waals surface area contributed by atoms with Crippen LogP contribution in [0.25, 0.3) is 0 Å². The number of rotatable bonds is 5. The second-order valence-corrected chi connectivity index (χ2v) is 3.97. The van der Waals surface area contributed by atoms with Crippen molar-refractivity contribution >= 4 is 11.7 Å². The zero-order valence-electron chi connectivity index (χ0n) is 10.4. The van der Waals surface area contributed by atoms with Gasteiger partial charge >= 0.3 is 0 Å². The van der Waals surface area contributed by atoms with E-state index >= 15 is 0 Å². The predicted molar refractivity (Wildman–Crippen MR) is 65.7 cm³/mol. The third-order valence-electron chi connectivity index (χ3n) is 2.58. The first-order valence-electron chi connectivity index (χ1n) is 5.68. The second kappa shape index (κ2) is 6.67. The van der Waals surface area contributed by atoms with Crippen molar-refractivity contribution in [1.82, 2.24) is 5.32 Å². The molecule has 0 spiro atoms. The van der Waals surface area contributed by atoms with Gasteiger partial charge in [-0.15, -0.1) is 0 Å². The molecule has 0 bridgehead atoms. The minimum absolute atomic E-state index is 0.0771. The highest BCUT2D eigenvalue weighted by molar-refractivity contribution is 5.90. The molecule has 1 rings (SSSR count). The summed E-state index contributed by atoms with van der Waals surface area (Å²) in [4.78, 5) is 11.7. The molecule has 19 heavy (non-hydrogen) atoms. The van der Waals surface area contributed by atoms with E-state index in [0.717, 1.165) is 6.07 Å². The summed E-state index contributed by atoms with van der Waals surface area (Å²) in [6.45, 7) is 1.74. The monoisotopic (exact) mass is 271 g/mol. The number of nitrogens with two attached hydrogens (primary N) is 1. The van der Waals surface area contributed by atoms with Crippen LogP contribution in [0.2, 0.25) is 0 Å². The van der Waals surface area contributed by atoms with Crippen LogP contribution in [0.15, 0.2) is 23.4 Å². The van der Waals surface area contributed by atoms with E-state index in [4.69, 9.17) is 10.9 Å². The largest absolute Gasteiger partial charge is 0.409 e. The summed E-state index contributed by atoms with van der Waals surface area (Å²) in [5, 5.41) is 13.8. The minimum Gasteiger partial charge on any atom is -0.409 e. The summed E-state index contributed by atoms with van der Waals surface area (Å²) in [6, 6.07) is 2.37. The van der Waals surface area contributed by atoms with Crippen molar-refractivity contribution in [3.63, 3.8) is 0 Å². The number of carbonyl (C=O) groups is 1. The van der Waals surface area contributed by atoms with Crippen molar-refractivity contribution in [2.45, 2.75) is 25.8 Å². The van der Waals surface area contributed by atoms with Crippen molar-refractivity contribution in [1.29, 1.82) is 0 Å². The molecule has 0 fully saturated rings. The van der Waals surface area contributed by atoms with E-state index in [1.165, 1.54) is 6.07 Å². The number of hydrogen-bond acceptors (Lipinski definition) is 3. The Bertz CT molecular complexity index is 492. The predicted octanol–water partition coefficient (Wildman–Crippen LogP) is 1.15. The number of halogens is 2. The molecule has 0 saturated carbocycles. The van der Waals surface area contributed by atoms with Crippen LogP contribution >= 0.6 is 0 Å². The molecule has 4 N–H and O–H groups in total. The van der Waals surface area contributed by atoms with Crippen molar-refractivity contribution in [3.8, 4) is 0 Å². The average molecular weight is 271 g/mol. The lowest BCUT2D eigenvalue weighted by Gasteiger charge is -2.15. The average Bonchev–Trinajstić information content (AvgIpc) is 2.38. The summed E-state index contributed by atoms with van der Waals surface area (Å²) < 4.78 is 26.0. The Hall–Kier alpha value is -2.18. The summed E-state index contributed by atoms with van der Waals surface area (Å²) in [5.74, 6) is -2.11. The Morgan fingerprint density at radius 1 is 1.53 bits per heavy atom. The van der Waals surface area contributed by atoms with Crippen molar-refractivity contribution in [2.75, 3.05) is 0 Å². The number of benzene rings is 1. The van der Waals surface area contributed by atoms with E-state index < -0.39 is 23.6 Å². The number of carbonyl (C=O) groups excluding carboxylic acids is 1. The standard InChI is InChI=1S/C12H15F2N3O2/c1-2-10(12(15)17-19)16-11(18)5-7-3-4-8(13)6-9(7)14/h3-4,6,10,19H,2,5H2,1H3,(H2,15,17)(H,16,18). The quantitative estimate of drug-likeness (QED) is 0.325. The molecule has 0 aliphatic rings. The van der Waals surface area contributed by atoms with Gasteiger partial charge in [0.2, 0.25) is 5.91 Å². The zero-order chi connectivity index (χ0) is 14.4. The van der Waals surface area contributed by atoms with Crippen molar-refractivity contribution in [2.24, 2.45) is 10.9 Å². The molecular weight excluding hydrogens is 256 g/mol. The molecule has 0 aliphatic heterocycles. The molecule has 1 unspecified atom stereocenters. The SMILES string of the molecule is CCC(NC(=O)Cc1ccc(F)cc1F)C(N)=NO. The zero-order valence-corrected chi connectivity index (χ0v) is 10.4. The van der Waals surface area contributed by atoms with Gasteiger partial charge < -0.3 is 16.3 Å².